The van der Waals surface area contributed by atoms with Crippen molar-refractivity contribution in [3.63, 3.8) is 0 Å². The largest absolute Gasteiger partial charge is 0.416 e. The van der Waals surface area contributed by atoms with Crippen LogP contribution in [-0.4, -0.2) is 32.1 Å². The van der Waals surface area contributed by atoms with Crippen LogP contribution in [0.4, 0.5) is 13.2 Å². The van der Waals surface area contributed by atoms with E-state index in [0.29, 0.717) is 23.6 Å². The van der Waals surface area contributed by atoms with E-state index in [4.69, 9.17) is 0 Å². The maximum Gasteiger partial charge on any atom is 0.416 e. The summed E-state index contributed by atoms with van der Waals surface area (Å²) in [6.45, 7) is 4.28. The minimum Gasteiger partial charge on any atom is -0.335 e. The summed E-state index contributed by atoms with van der Waals surface area (Å²) in [6, 6.07) is 9.00. The van der Waals surface area contributed by atoms with Gasteiger partial charge in [-0.1, -0.05) is 18.9 Å². The Kier molecular flexibility index (Phi) is 6.54. The van der Waals surface area contributed by atoms with E-state index in [1.54, 1.807) is 32.3 Å². The van der Waals surface area contributed by atoms with E-state index in [0.717, 1.165) is 48.9 Å². The van der Waals surface area contributed by atoms with E-state index in [1.165, 1.54) is 10.7 Å². The number of halogens is 3. The molecule has 1 atom stereocenters. The molecule has 0 spiro atoms. The fourth-order valence-corrected chi connectivity index (χ4v) is 4.59. The van der Waals surface area contributed by atoms with Gasteiger partial charge in [-0.05, 0) is 62.6 Å². The van der Waals surface area contributed by atoms with Crippen molar-refractivity contribution in [3.8, 4) is 5.69 Å². The fraction of sp³-hybridized carbons (Fsp3) is 0.400. The molecule has 1 amide bonds. The summed E-state index contributed by atoms with van der Waals surface area (Å²) in [7, 11) is 0. The van der Waals surface area contributed by atoms with Crippen molar-refractivity contribution in [2.45, 2.75) is 58.2 Å². The van der Waals surface area contributed by atoms with Gasteiger partial charge in [-0.3, -0.25) is 9.78 Å². The minimum atomic E-state index is -4.43. The zero-order valence-electron chi connectivity index (χ0n) is 18.8. The standard InChI is InChI=1S/C25H27F3N4O/c1-17-22(18(2)32(30-17)21-8-6-7-20(15-21)25(26,27)28)16-24(33)31-14-5-3-4-9-23(31)19-10-12-29-13-11-19/h6-8,10-13,15,23H,3-5,9,14,16H2,1-2H3. The van der Waals surface area contributed by atoms with E-state index in [9.17, 15) is 18.0 Å². The van der Waals surface area contributed by atoms with E-state index < -0.39 is 11.7 Å². The number of hydrogen-bond donors (Lipinski definition) is 0. The number of likely N-dealkylation sites (tertiary alicyclic amines) is 1. The summed E-state index contributed by atoms with van der Waals surface area (Å²) in [5, 5.41) is 4.47. The SMILES string of the molecule is Cc1nn(-c2cccc(C(F)(F)F)c2)c(C)c1CC(=O)N1CCCCCC1c1ccncc1. The normalized spacial score (nSPS) is 17.1. The zero-order chi connectivity index (χ0) is 23.6. The summed E-state index contributed by atoms with van der Waals surface area (Å²) in [5.74, 6) is 0.00787. The zero-order valence-corrected chi connectivity index (χ0v) is 18.8. The molecule has 0 aliphatic carbocycles. The van der Waals surface area contributed by atoms with Crippen LogP contribution >= 0.6 is 0 Å². The molecule has 1 aliphatic heterocycles. The Morgan fingerprint density at radius 1 is 1.09 bits per heavy atom. The van der Waals surface area contributed by atoms with Crippen molar-refractivity contribution in [1.82, 2.24) is 19.7 Å². The number of alkyl halides is 3. The van der Waals surface area contributed by atoms with Crippen molar-refractivity contribution >= 4 is 5.91 Å². The quantitative estimate of drug-likeness (QED) is 0.514. The first-order valence-electron chi connectivity index (χ1n) is 11.2. The fourth-order valence-electron chi connectivity index (χ4n) is 4.59. The molecule has 33 heavy (non-hydrogen) atoms. The lowest BCUT2D eigenvalue weighted by atomic mass is 10.0. The third-order valence-corrected chi connectivity index (χ3v) is 6.35. The topological polar surface area (TPSA) is 51.0 Å². The Labute approximate surface area is 191 Å². The van der Waals surface area contributed by atoms with E-state index in [-0.39, 0.29) is 18.4 Å². The van der Waals surface area contributed by atoms with Crippen molar-refractivity contribution < 1.29 is 18.0 Å². The number of benzene rings is 1. The molecule has 4 rings (SSSR count). The molecule has 1 unspecified atom stereocenters. The van der Waals surface area contributed by atoms with Gasteiger partial charge in [-0.15, -0.1) is 0 Å². The van der Waals surface area contributed by atoms with Crippen LogP contribution in [0, 0.1) is 13.8 Å². The molecule has 2 aromatic heterocycles. The molecular formula is C25H27F3N4O. The second kappa shape index (κ2) is 9.37. The van der Waals surface area contributed by atoms with E-state index in [2.05, 4.69) is 10.1 Å². The number of carbonyl (C=O) groups excluding carboxylic acids is 1. The van der Waals surface area contributed by atoms with Gasteiger partial charge in [0.2, 0.25) is 5.91 Å². The van der Waals surface area contributed by atoms with Crippen LogP contribution in [0.5, 0.6) is 0 Å². The highest BCUT2D eigenvalue weighted by Crippen LogP contribution is 2.32. The molecule has 1 aromatic carbocycles. The summed E-state index contributed by atoms with van der Waals surface area (Å²) in [5.41, 5.74) is 2.76. The van der Waals surface area contributed by atoms with Gasteiger partial charge in [0.1, 0.15) is 0 Å². The lowest BCUT2D eigenvalue weighted by Gasteiger charge is -2.30. The van der Waals surface area contributed by atoms with Crippen molar-refractivity contribution in [2.75, 3.05) is 6.54 Å². The number of aryl methyl sites for hydroxylation is 1. The maximum atomic E-state index is 13.5. The van der Waals surface area contributed by atoms with Crippen LogP contribution in [0.3, 0.4) is 0 Å². The molecule has 0 bridgehead atoms. The van der Waals surface area contributed by atoms with Gasteiger partial charge in [0.15, 0.2) is 0 Å². The molecule has 3 heterocycles. The lowest BCUT2D eigenvalue weighted by Crippen LogP contribution is -2.36. The van der Waals surface area contributed by atoms with E-state index in [1.807, 2.05) is 17.0 Å². The van der Waals surface area contributed by atoms with Crippen LogP contribution < -0.4 is 0 Å². The van der Waals surface area contributed by atoms with Gasteiger partial charge in [0, 0.05) is 30.2 Å². The van der Waals surface area contributed by atoms with Crippen molar-refractivity contribution in [2.24, 2.45) is 0 Å². The van der Waals surface area contributed by atoms with E-state index >= 15 is 0 Å². The highest BCUT2D eigenvalue weighted by molar-refractivity contribution is 5.80. The van der Waals surface area contributed by atoms with Crippen LogP contribution in [-0.2, 0) is 17.4 Å². The number of nitrogens with zero attached hydrogens (tertiary/aromatic N) is 4. The third kappa shape index (κ3) is 4.94. The number of carbonyl (C=O) groups is 1. The summed E-state index contributed by atoms with van der Waals surface area (Å²) < 4.78 is 41.0. The number of aromatic nitrogens is 3. The lowest BCUT2D eigenvalue weighted by molar-refractivity contribution is -0.137. The van der Waals surface area contributed by atoms with Gasteiger partial charge >= 0.3 is 6.18 Å². The molecule has 1 fully saturated rings. The number of amides is 1. The predicted octanol–water partition coefficient (Wildman–Crippen LogP) is 5.59. The summed E-state index contributed by atoms with van der Waals surface area (Å²) >= 11 is 0. The maximum absolute atomic E-state index is 13.5. The molecule has 1 saturated heterocycles. The average molecular weight is 457 g/mol. The Morgan fingerprint density at radius 2 is 1.85 bits per heavy atom. The highest BCUT2D eigenvalue weighted by atomic mass is 19.4. The Balaban J connectivity index is 1.62. The molecule has 0 N–H and O–H groups in total. The second-order valence-corrected chi connectivity index (χ2v) is 8.52. The van der Waals surface area contributed by atoms with Gasteiger partial charge in [0.05, 0.1) is 29.4 Å². The monoisotopic (exact) mass is 456 g/mol. The Morgan fingerprint density at radius 3 is 2.58 bits per heavy atom. The smallest absolute Gasteiger partial charge is 0.335 e. The number of hydrogen-bond acceptors (Lipinski definition) is 3. The van der Waals surface area contributed by atoms with Gasteiger partial charge < -0.3 is 4.90 Å². The van der Waals surface area contributed by atoms with Crippen molar-refractivity contribution in [3.05, 3.63) is 76.9 Å². The molecule has 5 nitrogen and oxygen atoms in total. The van der Waals surface area contributed by atoms with Gasteiger partial charge in [-0.25, -0.2) is 4.68 Å². The summed E-state index contributed by atoms with van der Waals surface area (Å²) in [4.78, 5) is 19.5. The molecule has 0 radical (unpaired) electrons. The minimum absolute atomic E-state index is 0.00197. The van der Waals surface area contributed by atoms with Gasteiger partial charge in [0.25, 0.3) is 0 Å². The Hall–Kier alpha value is -3.16. The summed E-state index contributed by atoms with van der Waals surface area (Å²) in [6.07, 6.45) is 3.22. The molecule has 3 aromatic rings. The van der Waals surface area contributed by atoms with Crippen LogP contribution in [0.1, 0.15) is 59.8 Å². The molecule has 0 saturated carbocycles. The van der Waals surface area contributed by atoms with Crippen molar-refractivity contribution in [1.29, 1.82) is 0 Å². The molecule has 174 valence electrons. The highest BCUT2D eigenvalue weighted by Gasteiger charge is 2.31. The number of rotatable bonds is 4. The second-order valence-electron chi connectivity index (χ2n) is 8.52. The molecule has 8 heteroatoms. The first-order chi connectivity index (χ1) is 15.8. The van der Waals surface area contributed by atoms with Gasteiger partial charge in [-0.2, -0.15) is 18.3 Å². The number of pyridine rings is 1. The van der Waals surface area contributed by atoms with Crippen LogP contribution in [0.25, 0.3) is 5.69 Å². The first-order valence-corrected chi connectivity index (χ1v) is 11.2. The van der Waals surface area contributed by atoms with Crippen LogP contribution in [0.15, 0.2) is 48.8 Å². The molecular weight excluding hydrogens is 429 g/mol. The average Bonchev–Trinajstić information content (AvgIpc) is 2.97. The third-order valence-electron chi connectivity index (χ3n) is 6.35. The molecule has 1 aliphatic rings. The Bertz CT molecular complexity index is 1120. The predicted molar refractivity (Wildman–Crippen MR) is 119 cm³/mol. The first kappa shape index (κ1) is 23.0. The van der Waals surface area contributed by atoms with Crippen LogP contribution in [0.2, 0.25) is 0 Å².